The van der Waals surface area contributed by atoms with Gasteiger partial charge in [0.1, 0.15) is 6.61 Å². The molecule has 0 bridgehead atoms. The zero-order valence-corrected chi connectivity index (χ0v) is 17.0. The van der Waals surface area contributed by atoms with Crippen LogP contribution in [-0.4, -0.2) is 48.6 Å². The average molecular weight is 426 g/mol. The van der Waals surface area contributed by atoms with Crippen molar-refractivity contribution in [3.63, 3.8) is 0 Å². The molecule has 2 fully saturated rings. The van der Waals surface area contributed by atoms with Crippen molar-refractivity contribution in [2.45, 2.75) is 63.3 Å². The highest BCUT2D eigenvalue weighted by Crippen LogP contribution is 2.27. The van der Waals surface area contributed by atoms with Crippen LogP contribution in [0.15, 0.2) is 30.3 Å². The molecule has 5 nitrogen and oxygen atoms in total. The van der Waals surface area contributed by atoms with Crippen LogP contribution in [0, 0.1) is 5.92 Å². The Morgan fingerprint density at radius 3 is 2.27 bits per heavy atom. The molecule has 0 aromatic heterocycles. The molecule has 8 heteroatoms. The maximum absolute atomic E-state index is 12.7. The number of halogens is 3. The first-order valence-electron chi connectivity index (χ1n) is 10.7. The van der Waals surface area contributed by atoms with Crippen molar-refractivity contribution in [3.05, 3.63) is 35.9 Å². The van der Waals surface area contributed by atoms with Crippen LogP contribution in [0.2, 0.25) is 0 Å². The van der Waals surface area contributed by atoms with Crippen LogP contribution < -0.4 is 5.32 Å². The van der Waals surface area contributed by atoms with Gasteiger partial charge in [-0.15, -0.1) is 0 Å². The molecule has 166 valence electrons. The lowest BCUT2D eigenvalue weighted by atomic mass is 9.87. The van der Waals surface area contributed by atoms with Crippen molar-refractivity contribution >= 4 is 11.8 Å². The molecule has 0 radical (unpaired) electrons. The van der Waals surface area contributed by atoms with E-state index in [0.717, 1.165) is 25.7 Å². The molecule has 1 aliphatic carbocycles. The second-order valence-electron chi connectivity index (χ2n) is 8.16. The third-order valence-electron chi connectivity index (χ3n) is 5.86. The second kappa shape index (κ2) is 10.3. The molecule has 1 aliphatic heterocycles. The van der Waals surface area contributed by atoms with Gasteiger partial charge in [-0.25, -0.2) is 0 Å². The Bertz CT molecular complexity index is 697. The van der Waals surface area contributed by atoms with E-state index >= 15 is 0 Å². The van der Waals surface area contributed by atoms with Crippen LogP contribution in [0.5, 0.6) is 0 Å². The molecule has 0 spiro atoms. The summed E-state index contributed by atoms with van der Waals surface area (Å²) in [6, 6.07) is 8.00. The van der Waals surface area contributed by atoms with Crippen molar-refractivity contribution in [2.24, 2.45) is 5.92 Å². The Labute approximate surface area is 175 Å². The van der Waals surface area contributed by atoms with E-state index in [1.54, 1.807) is 30.3 Å². The fourth-order valence-electron chi connectivity index (χ4n) is 4.26. The number of hydrogen-bond donors (Lipinski definition) is 1. The first-order valence-corrected chi connectivity index (χ1v) is 10.7. The molecule has 1 heterocycles. The molecule has 30 heavy (non-hydrogen) atoms. The summed E-state index contributed by atoms with van der Waals surface area (Å²) in [5.74, 6) is -0.263. The molecule has 3 rings (SSSR count). The minimum absolute atomic E-state index is 0.114. The largest absolute Gasteiger partial charge is 0.411 e. The van der Waals surface area contributed by atoms with E-state index in [4.69, 9.17) is 4.74 Å². The lowest BCUT2D eigenvalue weighted by molar-refractivity contribution is -0.188. The zero-order valence-electron chi connectivity index (χ0n) is 17.0. The quantitative estimate of drug-likeness (QED) is 0.748. The number of nitrogens with one attached hydrogen (secondary N) is 1. The number of carbonyl (C=O) groups excluding carboxylic acids is 2. The summed E-state index contributed by atoms with van der Waals surface area (Å²) in [4.78, 5) is 27.2. The second-order valence-corrected chi connectivity index (χ2v) is 8.16. The Hall–Kier alpha value is -2.09. The van der Waals surface area contributed by atoms with E-state index in [-0.39, 0.29) is 17.9 Å². The number of amides is 2. The number of alkyl halides is 3. The molecule has 1 unspecified atom stereocenters. The van der Waals surface area contributed by atoms with Crippen LogP contribution in [0.25, 0.3) is 0 Å². The van der Waals surface area contributed by atoms with E-state index in [1.807, 2.05) is 4.90 Å². The SMILES string of the molecule is O=C(NC1CCN(C(=O)C2CCCCC2)CC1)C(OCC(F)(F)F)c1ccccc1. The predicted molar refractivity (Wildman–Crippen MR) is 106 cm³/mol. The first kappa shape index (κ1) is 22.6. The molecule has 1 atom stereocenters. The number of carbonyl (C=O) groups is 2. The fourth-order valence-corrected chi connectivity index (χ4v) is 4.26. The minimum atomic E-state index is -4.52. The number of piperidine rings is 1. The van der Waals surface area contributed by atoms with Crippen molar-refractivity contribution < 1.29 is 27.5 Å². The van der Waals surface area contributed by atoms with Gasteiger partial charge in [0.25, 0.3) is 5.91 Å². The minimum Gasteiger partial charge on any atom is -0.354 e. The van der Waals surface area contributed by atoms with Gasteiger partial charge in [-0.3, -0.25) is 9.59 Å². The molecule has 1 saturated carbocycles. The standard InChI is InChI=1S/C22H29F3N2O3/c23-22(24,25)15-30-19(16-7-3-1-4-8-16)20(28)26-18-11-13-27(14-12-18)21(29)17-9-5-2-6-10-17/h1,3-4,7-8,17-19H,2,5-6,9-15H2,(H,26,28). The highest BCUT2D eigenvalue weighted by atomic mass is 19.4. The lowest BCUT2D eigenvalue weighted by Crippen LogP contribution is -2.49. The highest BCUT2D eigenvalue weighted by Gasteiger charge is 2.34. The van der Waals surface area contributed by atoms with Crippen molar-refractivity contribution in [1.29, 1.82) is 0 Å². The number of benzene rings is 1. The van der Waals surface area contributed by atoms with Crippen LogP contribution in [-0.2, 0) is 14.3 Å². The average Bonchev–Trinajstić information content (AvgIpc) is 2.74. The summed E-state index contributed by atoms with van der Waals surface area (Å²) >= 11 is 0. The van der Waals surface area contributed by atoms with Gasteiger partial charge in [0, 0.05) is 25.0 Å². The molecule has 2 amide bonds. The number of ether oxygens (including phenoxy) is 1. The van der Waals surface area contributed by atoms with E-state index < -0.39 is 24.8 Å². The van der Waals surface area contributed by atoms with Gasteiger partial charge in [-0.05, 0) is 31.2 Å². The fraction of sp³-hybridized carbons (Fsp3) is 0.636. The molecular formula is C22H29F3N2O3. The monoisotopic (exact) mass is 426 g/mol. The van der Waals surface area contributed by atoms with Gasteiger partial charge in [-0.2, -0.15) is 13.2 Å². The van der Waals surface area contributed by atoms with Gasteiger partial charge in [0.15, 0.2) is 6.10 Å². The van der Waals surface area contributed by atoms with Crippen LogP contribution >= 0.6 is 0 Å². The van der Waals surface area contributed by atoms with Crippen molar-refractivity contribution in [3.8, 4) is 0 Å². The third-order valence-corrected chi connectivity index (χ3v) is 5.86. The number of likely N-dealkylation sites (tertiary alicyclic amines) is 1. The Kier molecular flexibility index (Phi) is 7.75. The van der Waals surface area contributed by atoms with Gasteiger partial charge >= 0.3 is 6.18 Å². The molecule has 2 aliphatic rings. The maximum Gasteiger partial charge on any atom is 0.411 e. The zero-order chi connectivity index (χ0) is 21.6. The van der Waals surface area contributed by atoms with E-state index in [9.17, 15) is 22.8 Å². The summed E-state index contributed by atoms with van der Waals surface area (Å²) in [6.45, 7) is -0.381. The van der Waals surface area contributed by atoms with Crippen LogP contribution in [0.1, 0.15) is 56.6 Å². The van der Waals surface area contributed by atoms with Gasteiger partial charge in [-0.1, -0.05) is 49.6 Å². The lowest BCUT2D eigenvalue weighted by Gasteiger charge is -2.36. The van der Waals surface area contributed by atoms with Gasteiger partial charge < -0.3 is 15.0 Å². The molecule has 1 aromatic carbocycles. The van der Waals surface area contributed by atoms with E-state index in [2.05, 4.69) is 5.32 Å². The molecule has 1 aromatic rings. The maximum atomic E-state index is 12.7. The Balaban J connectivity index is 1.54. The summed E-state index contributed by atoms with van der Waals surface area (Å²) < 4.78 is 42.8. The number of hydrogen-bond acceptors (Lipinski definition) is 3. The number of nitrogens with zero attached hydrogens (tertiary/aromatic N) is 1. The summed E-state index contributed by atoms with van der Waals surface area (Å²) in [6.07, 6.45) is 0.624. The Morgan fingerprint density at radius 1 is 1.03 bits per heavy atom. The van der Waals surface area contributed by atoms with E-state index in [1.165, 1.54) is 6.42 Å². The summed E-state index contributed by atoms with van der Waals surface area (Å²) in [7, 11) is 0. The number of rotatable bonds is 6. The molecule has 1 N–H and O–H groups in total. The van der Waals surface area contributed by atoms with Gasteiger partial charge in [0.2, 0.25) is 5.91 Å². The summed E-state index contributed by atoms with van der Waals surface area (Å²) in [5, 5.41) is 2.82. The highest BCUT2D eigenvalue weighted by molar-refractivity contribution is 5.82. The predicted octanol–water partition coefficient (Wildman–Crippen LogP) is 3.99. The van der Waals surface area contributed by atoms with Crippen molar-refractivity contribution in [2.75, 3.05) is 19.7 Å². The van der Waals surface area contributed by atoms with Crippen LogP contribution in [0.3, 0.4) is 0 Å². The molecule has 1 saturated heterocycles. The third kappa shape index (κ3) is 6.45. The van der Waals surface area contributed by atoms with Crippen molar-refractivity contribution in [1.82, 2.24) is 10.2 Å². The molecular weight excluding hydrogens is 397 g/mol. The topological polar surface area (TPSA) is 58.6 Å². The normalized spacial score (nSPS) is 20.0. The van der Waals surface area contributed by atoms with E-state index in [0.29, 0.717) is 31.5 Å². The van der Waals surface area contributed by atoms with Gasteiger partial charge in [0.05, 0.1) is 0 Å². The summed E-state index contributed by atoms with van der Waals surface area (Å²) in [5.41, 5.74) is 0.379. The van der Waals surface area contributed by atoms with Crippen LogP contribution in [0.4, 0.5) is 13.2 Å². The first-order chi connectivity index (χ1) is 14.3. The smallest absolute Gasteiger partial charge is 0.354 e. The Morgan fingerprint density at radius 2 is 1.67 bits per heavy atom.